The summed E-state index contributed by atoms with van der Waals surface area (Å²) in [7, 11) is -1.54. The third kappa shape index (κ3) is 4.89. The fourth-order valence-electron chi connectivity index (χ4n) is 3.50. The van der Waals surface area contributed by atoms with Gasteiger partial charge in [0.15, 0.2) is 11.6 Å². The number of piperidine rings is 1. The van der Waals surface area contributed by atoms with Gasteiger partial charge in [0.25, 0.3) is 6.43 Å². The van der Waals surface area contributed by atoms with Crippen molar-refractivity contribution in [2.24, 2.45) is 7.05 Å². The van der Waals surface area contributed by atoms with E-state index in [1.165, 1.54) is 27.5 Å². The van der Waals surface area contributed by atoms with E-state index < -0.39 is 22.1 Å². The van der Waals surface area contributed by atoms with Gasteiger partial charge in [-0.2, -0.15) is 5.10 Å². The van der Waals surface area contributed by atoms with Crippen molar-refractivity contribution >= 4 is 50.1 Å². The van der Waals surface area contributed by atoms with Gasteiger partial charge >= 0.3 is 0 Å². The lowest BCUT2D eigenvalue weighted by Crippen LogP contribution is -2.42. The zero-order valence-electron chi connectivity index (χ0n) is 17.3. The molecule has 1 aliphatic rings. The molecule has 4 rings (SSSR count). The number of alkyl halides is 2. The van der Waals surface area contributed by atoms with E-state index in [1.54, 1.807) is 13.2 Å². The van der Waals surface area contributed by atoms with Crippen LogP contribution in [0.5, 0.6) is 0 Å². The lowest BCUT2D eigenvalue weighted by atomic mass is 10.1. The molecule has 10 nitrogen and oxygen atoms in total. The predicted octanol–water partition coefficient (Wildman–Crippen LogP) is 2.93. The Kier molecular flexibility index (Phi) is 6.14. The van der Waals surface area contributed by atoms with Crippen LogP contribution in [0.15, 0.2) is 18.5 Å². The minimum absolute atomic E-state index is 0.0274. The maximum absolute atomic E-state index is 13.4. The van der Waals surface area contributed by atoms with Gasteiger partial charge in [-0.05, 0) is 18.9 Å². The number of nitrogens with one attached hydrogen (secondary N) is 2. The Morgan fingerprint density at radius 2 is 1.94 bits per heavy atom. The predicted molar refractivity (Wildman–Crippen MR) is 117 cm³/mol. The number of hydrogen-bond acceptors (Lipinski definition) is 8. The Morgan fingerprint density at radius 3 is 2.53 bits per heavy atom. The molecule has 0 atom stereocenters. The van der Waals surface area contributed by atoms with Crippen LogP contribution in [0.2, 0.25) is 5.02 Å². The van der Waals surface area contributed by atoms with Crippen molar-refractivity contribution in [2.75, 3.05) is 30.0 Å². The molecule has 0 amide bonds. The Balaban J connectivity index is 1.62. The van der Waals surface area contributed by atoms with Gasteiger partial charge in [-0.15, -0.1) is 0 Å². The van der Waals surface area contributed by atoms with Gasteiger partial charge in [0.1, 0.15) is 16.2 Å². The average Bonchev–Trinajstić information content (AvgIpc) is 3.04. The first-order chi connectivity index (χ1) is 15.1. The lowest BCUT2D eigenvalue weighted by molar-refractivity contribution is 0.146. The van der Waals surface area contributed by atoms with Gasteiger partial charge in [0.05, 0.1) is 6.26 Å². The number of pyridine rings is 1. The van der Waals surface area contributed by atoms with Crippen LogP contribution in [0.25, 0.3) is 10.9 Å². The van der Waals surface area contributed by atoms with Crippen molar-refractivity contribution in [3.8, 4) is 0 Å². The van der Waals surface area contributed by atoms with Crippen molar-refractivity contribution in [2.45, 2.75) is 25.3 Å². The molecule has 0 radical (unpaired) electrons. The van der Waals surface area contributed by atoms with Crippen LogP contribution in [0.4, 0.5) is 26.4 Å². The van der Waals surface area contributed by atoms with Crippen molar-refractivity contribution < 1.29 is 17.2 Å². The van der Waals surface area contributed by atoms with Gasteiger partial charge in [-0.1, -0.05) is 11.6 Å². The molecule has 0 spiro atoms. The second kappa shape index (κ2) is 8.71. The summed E-state index contributed by atoms with van der Waals surface area (Å²) < 4.78 is 53.0. The second-order valence-electron chi connectivity index (χ2n) is 7.53. The molecule has 1 fully saturated rings. The van der Waals surface area contributed by atoms with E-state index in [2.05, 4.69) is 30.7 Å². The number of hydrogen-bond donors (Lipinski definition) is 2. The summed E-state index contributed by atoms with van der Waals surface area (Å²) in [6.45, 7) is 0.794. The van der Waals surface area contributed by atoms with E-state index in [1.807, 2.05) is 0 Å². The first-order valence-electron chi connectivity index (χ1n) is 9.74. The maximum Gasteiger partial charge on any atom is 0.280 e. The summed E-state index contributed by atoms with van der Waals surface area (Å²) in [6.07, 6.45) is 2.59. The number of sulfonamides is 1. The monoisotopic (exact) mass is 486 g/mol. The summed E-state index contributed by atoms with van der Waals surface area (Å²) in [5.74, 6) is 0.628. The quantitative estimate of drug-likeness (QED) is 0.546. The van der Waals surface area contributed by atoms with Crippen molar-refractivity contribution in [1.82, 2.24) is 29.0 Å². The Morgan fingerprint density at radius 1 is 1.22 bits per heavy atom. The van der Waals surface area contributed by atoms with E-state index in [-0.39, 0.29) is 23.6 Å². The van der Waals surface area contributed by atoms with Crippen LogP contribution in [-0.2, 0) is 17.1 Å². The zero-order chi connectivity index (χ0) is 23.0. The van der Waals surface area contributed by atoms with Crippen molar-refractivity contribution in [1.29, 1.82) is 0 Å². The molecule has 14 heteroatoms. The van der Waals surface area contributed by atoms with Crippen LogP contribution >= 0.6 is 11.6 Å². The molecular weight excluding hydrogens is 466 g/mol. The molecule has 0 unspecified atom stereocenters. The zero-order valence-corrected chi connectivity index (χ0v) is 18.8. The maximum atomic E-state index is 13.4. The third-order valence-electron chi connectivity index (χ3n) is 5.09. The molecular formula is C18H21ClF2N8O2S. The Labute approximate surface area is 188 Å². The molecule has 0 saturated carbocycles. The number of halogens is 3. The lowest BCUT2D eigenvalue weighted by Gasteiger charge is -2.30. The van der Waals surface area contributed by atoms with Gasteiger partial charge in [0.2, 0.25) is 16.0 Å². The molecule has 3 aromatic heterocycles. The summed E-state index contributed by atoms with van der Waals surface area (Å²) in [5.41, 5.74) is -0.105. The van der Waals surface area contributed by atoms with E-state index in [4.69, 9.17) is 11.6 Å². The summed E-state index contributed by atoms with van der Waals surface area (Å²) in [5, 5.41) is 10.9. The summed E-state index contributed by atoms with van der Waals surface area (Å²) in [4.78, 5) is 12.7. The van der Waals surface area contributed by atoms with Crippen LogP contribution in [0, 0.1) is 0 Å². The molecule has 0 aromatic carbocycles. The Hall–Kier alpha value is -2.64. The van der Waals surface area contributed by atoms with Crippen molar-refractivity contribution in [3.63, 3.8) is 0 Å². The van der Waals surface area contributed by atoms with Crippen molar-refractivity contribution in [3.05, 3.63) is 29.2 Å². The molecule has 1 saturated heterocycles. The average molecular weight is 487 g/mol. The first-order valence-corrected chi connectivity index (χ1v) is 12.0. The smallest absolute Gasteiger partial charge is 0.280 e. The van der Waals surface area contributed by atoms with E-state index in [0.717, 1.165) is 0 Å². The third-order valence-corrected chi connectivity index (χ3v) is 6.67. The van der Waals surface area contributed by atoms with Crippen LogP contribution in [0.3, 0.4) is 0 Å². The summed E-state index contributed by atoms with van der Waals surface area (Å²) in [6, 6.07) is 1.21. The minimum atomic E-state index is -3.22. The number of aromatic nitrogens is 5. The standard InChI is InChI=1S/C18H21ClF2N8O2S/c1-28-9-12(19)16(27-28)26-17-14-10(7-13(24-17)15(20)21)8-22-18(25-14)23-11-3-5-29(6-4-11)32(2,30)31/h7-9,11,15H,3-6H2,1-2H3,(H,22,23,25)(H,24,26,27). The molecule has 0 aliphatic carbocycles. The molecule has 4 heterocycles. The molecule has 2 N–H and O–H groups in total. The number of aryl methyl sites for hydroxylation is 1. The first kappa shape index (κ1) is 22.6. The highest BCUT2D eigenvalue weighted by Crippen LogP contribution is 2.30. The van der Waals surface area contributed by atoms with Gasteiger partial charge in [0, 0.05) is 44.0 Å². The van der Waals surface area contributed by atoms with E-state index >= 15 is 0 Å². The highest BCUT2D eigenvalue weighted by Gasteiger charge is 2.25. The van der Waals surface area contributed by atoms with E-state index in [9.17, 15) is 17.2 Å². The van der Waals surface area contributed by atoms with Crippen LogP contribution in [0.1, 0.15) is 25.0 Å². The number of anilines is 3. The Bertz CT molecular complexity index is 1250. The molecule has 0 bridgehead atoms. The topological polar surface area (TPSA) is 118 Å². The normalized spacial score (nSPS) is 16.1. The van der Waals surface area contributed by atoms with Gasteiger partial charge in [-0.25, -0.2) is 36.5 Å². The summed E-state index contributed by atoms with van der Waals surface area (Å²) >= 11 is 6.14. The molecule has 1 aliphatic heterocycles. The fraction of sp³-hybridized carbons (Fsp3) is 0.444. The van der Waals surface area contributed by atoms with E-state index in [0.29, 0.717) is 41.9 Å². The van der Waals surface area contributed by atoms with Gasteiger partial charge < -0.3 is 10.6 Å². The van der Waals surface area contributed by atoms with Crippen LogP contribution in [-0.4, -0.2) is 62.8 Å². The SMILES string of the molecule is Cn1cc(Cl)c(Nc2nc(C(F)F)cc3cnc(NC4CCN(S(C)(=O)=O)CC4)nc23)n1. The largest absolute Gasteiger partial charge is 0.351 e. The molecule has 172 valence electrons. The minimum Gasteiger partial charge on any atom is -0.351 e. The number of fused-ring (bicyclic) bond motifs is 1. The second-order valence-corrected chi connectivity index (χ2v) is 9.92. The highest BCUT2D eigenvalue weighted by molar-refractivity contribution is 7.88. The van der Waals surface area contributed by atoms with Gasteiger partial charge in [-0.3, -0.25) is 4.68 Å². The molecule has 3 aromatic rings. The number of nitrogens with zero attached hydrogens (tertiary/aromatic N) is 6. The molecule has 32 heavy (non-hydrogen) atoms. The fourth-order valence-corrected chi connectivity index (χ4v) is 4.60. The van der Waals surface area contributed by atoms with Crippen LogP contribution < -0.4 is 10.6 Å². The number of rotatable bonds is 6. The highest BCUT2D eigenvalue weighted by atomic mass is 35.5.